The van der Waals surface area contributed by atoms with E-state index in [0.717, 1.165) is 5.69 Å². The maximum Gasteiger partial charge on any atom is 0.510 e. The smallest absolute Gasteiger partial charge is 0.466 e. The molecule has 2 rings (SSSR count). The second kappa shape index (κ2) is 8.32. The minimum atomic E-state index is -0.941. The van der Waals surface area contributed by atoms with E-state index in [4.69, 9.17) is 4.74 Å². The van der Waals surface area contributed by atoms with Crippen molar-refractivity contribution in [3.05, 3.63) is 53.1 Å². The van der Waals surface area contributed by atoms with Gasteiger partial charge in [0.05, 0.1) is 19.1 Å². The van der Waals surface area contributed by atoms with Gasteiger partial charge in [0.1, 0.15) is 0 Å². The van der Waals surface area contributed by atoms with Gasteiger partial charge in [0.2, 0.25) is 0 Å². The summed E-state index contributed by atoms with van der Waals surface area (Å²) in [5.41, 5.74) is 4.57. The zero-order chi connectivity index (χ0) is 18.4. The van der Waals surface area contributed by atoms with Gasteiger partial charge in [0, 0.05) is 12.1 Å². The zero-order valence-electron chi connectivity index (χ0n) is 14.8. The highest BCUT2D eigenvalue weighted by molar-refractivity contribution is 5.73. The highest BCUT2D eigenvalue weighted by atomic mass is 16.7. The fourth-order valence-corrected chi connectivity index (χ4v) is 2.42. The average Bonchev–Trinajstić information content (AvgIpc) is 3.08. The van der Waals surface area contributed by atoms with E-state index in [0.29, 0.717) is 0 Å². The molecule has 134 valence electrons. The summed E-state index contributed by atoms with van der Waals surface area (Å²) in [6, 6.07) is 6.20. The maximum absolute atomic E-state index is 11.4. The lowest BCUT2D eigenvalue weighted by Crippen LogP contribution is -2.16. The first-order valence-corrected chi connectivity index (χ1v) is 7.86. The fourth-order valence-electron chi connectivity index (χ4n) is 2.42. The molecule has 0 aliphatic carbocycles. The van der Waals surface area contributed by atoms with Crippen LogP contribution in [0.25, 0.3) is 0 Å². The fraction of sp³-hybridized carbons (Fsp3) is 0.389. The lowest BCUT2D eigenvalue weighted by atomic mass is 9.92. The van der Waals surface area contributed by atoms with E-state index in [1.807, 2.05) is 12.3 Å². The molecular weight excluding hydrogens is 324 g/mol. The van der Waals surface area contributed by atoms with E-state index < -0.39 is 18.7 Å². The van der Waals surface area contributed by atoms with E-state index >= 15 is 0 Å². The number of nitrogens with zero attached hydrogens (tertiary/aromatic N) is 2. The molecule has 0 N–H and O–H groups in total. The molecule has 0 spiro atoms. The third-order valence-electron chi connectivity index (χ3n) is 4.08. The molecule has 2 aromatic rings. The van der Waals surface area contributed by atoms with Crippen LogP contribution in [-0.2, 0) is 25.7 Å². The number of benzene rings is 1. The number of ether oxygens (including phenoxy) is 3. The summed E-state index contributed by atoms with van der Waals surface area (Å²) in [6.07, 6.45) is 2.47. The van der Waals surface area contributed by atoms with Crippen LogP contribution in [0.15, 0.2) is 30.7 Å². The van der Waals surface area contributed by atoms with Crippen molar-refractivity contribution in [3.8, 4) is 0 Å². The third kappa shape index (κ3) is 4.82. The van der Waals surface area contributed by atoms with Crippen LogP contribution in [0.4, 0.5) is 4.79 Å². The van der Waals surface area contributed by atoms with Crippen LogP contribution in [0.3, 0.4) is 0 Å². The molecule has 0 aliphatic rings. The molecule has 0 amide bonds. The number of aryl methyl sites for hydroxylation is 1. The summed E-state index contributed by atoms with van der Waals surface area (Å²) >= 11 is 0. The standard InChI is InChI=1S/C18H22N2O5/c1-12-6-5-7-15(13(12)2)14(3)16-8-20(10-19-16)11-25-18(22)24-9-17(21)23-4/h5-8,10,14H,9,11H2,1-4H3/t14-/m0/s1. The van der Waals surface area contributed by atoms with E-state index in [2.05, 4.69) is 47.4 Å². The highest BCUT2D eigenvalue weighted by Crippen LogP contribution is 2.27. The number of methoxy groups -OCH3 is 1. The van der Waals surface area contributed by atoms with Gasteiger partial charge < -0.3 is 18.8 Å². The molecule has 0 saturated heterocycles. The van der Waals surface area contributed by atoms with Gasteiger partial charge in [-0.3, -0.25) is 0 Å². The van der Waals surface area contributed by atoms with Gasteiger partial charge in [-0.1, -0.05) is 25.1 Å². The predicted octanol–water partition coefficient (Wildman–Crippen LogP) is 2.94. The molecule has 7 nitrogen and oxygen atoms in total. The summed E-state index contributed by atoms with van der Waals surface area (Å²) in [5, 5.41) is 0. The van der Waals surface area contributed by atoms with Gasteiger partial charge >= 0.3 is 12.1 Å². The highest BCUT2D eigenvalue weighted by Gasteiger charge is 2.15. The third-order valence-corrected chi connectivity index (χ3v) is 4.08. The number of hydrogen-bond donors (Lipinski definition) is 0. The lowest BCUT2D eigenvalue weighted by Gasteiger charge is -2.14. The van der Waals surface area contributed by atoms with Crippen molar-refractivity contribution < 1.29 is 23.8 Å². The van der Waals surface area contributed by atoms with Gasteiger partial charge in [-0.25, -0.2) is 14.6 Å². The van der Waals surface area contributed by atoms with Crippen LogP contribution < -0.4 is 0 Å². The summed E-state index contributed by atoms with van der Waals surface area (Å²) in [7, 11) is 1.21. The summed E-state index contributed by atoms with van der Waals surface area (Å²) in [5.74, 6) is -0.531. The molecular formula is C18H22N2O5. The SMILES string of the molecule is COC(=O)COC(=O)OCn1cnc([C@@H](C)c2cccc(C)c2C)c1. The van der Waals surface area contributed by atoms with Gasteiger partial charge in [-0.05, 0) is 30.5 Å². The largest absolute Gasteiger partial charge is 0.510 e. The van der Waals surface area contributed by atoms with Crippen molar-refractivity contribution in [2.75, 3.05) is 13.7 Å². The summed E-state index contributed by atoms with van der Waals surface area (Å²) in [4.78, 5) is 26.7. The summed E-state index contributed by atoms with van der Waals surface area (Å²) in [6.45, 7) is 5.73. The Bertz CT molecular complexity index is 754. The van der Waals surface area contributed by atoms with Crippen LogP contribution in [-0.4, -0.2) is 35.4 Å². The zero-order valence-corrected chi connectivity index (χ0v) is 14.8. The van der Waals surface area contributed by atoms with Crippen LogP contribution >= 0.6 is 0 Å². The Labute approximate surface area is 146 Å². The topological polar surface area (TPSA) is 79.6 Å². The molecule has 0 bridgehead atoms. The Morgan fingerprint density at radius 3 is 2.72 bits per heavy atom. The van der Waals surface area contributed by atoms with Crippen molar-refractivity contribution in [3.63, 3.8) is 0 Å². The molecule has 0 fully saturated rings. The second-order valence-electron chi connectivity index (χ2n) is 5.71. The van der Waals surface area contributed by atoms with Crippen molar-refractivity contribution in [2.45, 2.75) is 33.4 Å². The maximum atomic E-state index is 11.4. The molecule has 0 aliphatic heterocycles. The van der Waals surface area contributed by atoms with Crippen LogP contribution in [0.5, 0.6) is 0 Å². The van der Waals surface area contributed by atoms with Crippen molar-refractivity contribution in [1.29, 1.82) is 0 Å². The predicted molar refractivity (Wildman–Crippen MR) is 90.1 cm³/mol. The Morgan fingerprint density at radius 2 is 2.00 bits per heavy atom. The molecule has 1 heterocycles. The molecule has 0 radical (unpaired) electrons. The number of hydrogen-bond acceptors (Lipinski definition) is 6. The number of aromatic nitrogens is 2. The minimum Gasteiger partial charge on any atom is -0.466 e. The molecule has 25 heavy (non-hydrogen) atoms. The van der Waals surface area contributed by atoms with Gasteiger partial charge in [0.25, 0.3) is 0 Å². The Hall–Kier alpha value is -2.83. The van der Waals surface area contributed by atoms with Crippen LogP contribution in [0.2, 0.25) is 0 Å². The normalized spacial score (nSPS) is 11.7. The van der Waals surface area contributed by atoms with Crippen molar-refractivity contribution >= 4 is 12.1 Å². The second-order valence-corrected chi connectivity index (χ2v) is 5.71. The minimum absolute atomic E-state index is 0.0491. The summed E-state index contributed by atoms with van der Waals surface area (Å²) < 4.78 is 15.5. The van der Waals surface area contributed by atoms with Gasteiger partial charge in [-0.15, -0.1) is 0 Å². The van der Waals surface area contributed by atoms with Gasteiger partial charge in [0.15, 0.2) is 13.3 Å². The van der Waals surface area contributed by atoms with Crippen molar-refractivity contribution in [2.24, 2.45) is 0 Å². The average molecular weight is 346 g/mol. The van der Waals surface area contributed by atoms with Gasteiger partial charge in [-0.2, -0.15) is 0 Å². The van der Waals surface area contributed by atoms with Crippen LogP contribution in [0.1, 0.15) is 35.2 Å². The van der Waals surface area contributed by atoms with E-state index in [1.165, 1.54) is 23.8 Å². The molecule has 1 aromatic heterocycles. The monoisotopic (exact) mass is 346 g/mol. The Morgan fingerprint density at radius 1 is 1.24 bits per heavy atom. The van der Waals surface area contributed by atoms with E-state index in [9.17, 15) is 9.59 Å². The number of esters is 1. The van der Waals surface area contributed by atoms with Crippen molar-refractivity contribution in [1.82, 2.24) is 9.55 Å². The molecule has 1 atom stereocenters. The van der Waals surface area contributed by atoms with Crippen LogP contribution in [0, 0.1) is 13.8 Å². The Kier molecular flexibility index (Phi) is 6.16. The quantitative estimate of drug-likeness (QED) is 0.748. The first-order chi connectivity index (χ1) is 11.9. The molecule has 1 aromatic carbocycles. The van der Waals surface area contributed by atoms with E-state index in [-0.39, 0.29) is 12.6 Å². The first-order valence-electron chi connectivity index (χ1n) is 7.86. The number of imidazole rings is 1. The first kappa shape index (κ1) is 18.5. The molecule has 0 unspecified atom stereocenters. The number of carbonyl (C=O) groups excluding carboxylic acids is 2. The van der Waals surface area contributed by atoms with E-state index in [1.54, 1.807) is 10.9 Å². The Balaban J connectivity index is 1.94. The number of carbonyl (C=O) groups is 2. The number of rotatable bonds is 6. The molecule has 7 heteroatoms. The lowest BCUT2D eigenvalue weighted by molar-refractivity contribution is -0.144. The molecule has 0 saturated carbocycles.